The van der Waals surface area contributed by atoms with E-state index >= 15 is 0 Å². The van der Waals surface area contributed by atoms with Gasteiger partial charge < -0.3 is 15.4 Å². The zero-order valence-electron chi connectivity index (χ0n) is 15.9. The Balaban J connectivity index is 1.55. The van der Waals surface area contributed by atoms with Gasteiger partial charge in [0.1, 0.15) is 11.6 Å². The first kappa shape index (κ1) is 21.8. The highest BCUT2D eigenvalue weighted by Gasteiger charge is 2.30. The van der Waals surface area contributed by atoms with E-state index in [9.17, 15) is 27.2 Å². The average molecular weight is 432 g/mol. The molecule has 3 rings (SSSR count). The minimum Gasteiger partial charge on any atom is -0.484 e. The van der Waals surface area contributed by atoms with Gasteiger partial charge in [-0.25, -0.2) is 4.39 Å². The van der Waals surface area contributed by atoms with E-state index in [1.54, 1.807) is 6.07 Å². The van der Waals surface area contributed by atoms with Crippen LogP contribution in [0.25, 0.3) is 0 Å². The molecule has 0 spiro atoms. The molecule has 0 unspecified atom stereocenters. The van der Waals surface area contributed by atoms with Crippen LogP contribution in [0.5, 0.6) is 5.75 Å². The van der Waals surface area contributed by atoms with E-state index in [4.69, 9.17) is 4.74 Å². The fourth-order valence-corrected chi connectivity index (χ4v) is 2.58. The number of carbonyl (C=O) groups is 2. The van der Waals surface area contributed by atoms with Crippen LogP contribution >= 0.6 is 0 Å². The van der Waals surface area contributed by atoms with E-state index in [1.165, 1.54) is 54.6 Å². The molecule has 0 aliphatic carbocycles. The summed E-state index contributed by atoms with van der Waals surface area (Å²) in [6.45, 7) is -0.385. The predicted octanol–water partition coefficient (Wildman–Crippen LogP) is 5.11. The van der Waals surface area contributed by atoms with Gasteiger partial charge in [0.15, 0.2) is 6.61 Å². The second-order valence-corrected chi connectivity index (χ2v) is 6.37. The molecule has 160 valence electrons. The summed E-state index contributed by atoms with van der Waals surface area (Å²) in [4.78, 5) is 24.1. The number of alkyl halides is 3. The Morgan fingerprint density at radius 2 is 1.58 bits per heavy atom. The number of halogens is 4. The van der Waals surface area contributed by atoms with Crippen LogP contribution in [0.15, 0.2) is 72.8 Å². The van der Waals surface area contributed by atoms with Crippen LogP contribution in [0.3, 0.4) is 0 Å². The maximum absolute atomic E-state index is 13.5. The summed E-state index contributed by atoms with van der Waals surface area (Å²) >= 11 is 0. The largest absolute Gasteiger partial charge is 0.484 e. The molecule has 3 aromatic carbocycles. The number of nitrogens with one attached hydrogen (secondary N) is 2. The molecule has 0 saturated heterocycles. The quantitative estimate of drug-likeness (QED) is 0.532. The van der Waals surface area contributed by atoms with Gasteiger partial charge in [-0.15, -0.1) is 0 Å². The first-order valence-corrected chi connectivity index (χ1v) is 8.98. The van der Waals surface area contributed by atoms with Gasteiger partial charge in [-0.2, -0.15) is 13.2 Å². The molecule has 2 N–H and O–H groups in total. The Hall–Kier alpha value is -3.88. The van der Waals surface area contributed by atoms with Crippen LogP contribution in [0.2, 0.25) is 0 Å². The minimum absolute atomic E-state index is 0.00460. The van der Waals surface area contributed by atoms with Crippen molar-refractivity contribution in [3.05, 3.63) is 89.7 Å². The first-order chi connectivity index (χ1) is 14.7. The topological polar surface area (TPSA) is 67.4 Å². The van der Waals surface area contributed by atoms with Gasteiger partial charge in [0, 0.05) is 11.3 Å². The molecule has 0 fully saturated rings. The number of para-hydroxylation sites is 1. The molecule has 0 heterocycles. The third-order valence-electron chi connectivity index (χ3n) is 4.08. The van der Waals surface area contributed by atoms with Gasteiger partial charge >= 0.3 is 6.18 Å². The molecule has 0 atom stereocenters. The van der Waals surface area contributed by atoms with Crippen molar-refractivity contribution in [3.63, 3.8) is 0 Å². The SMILES string of the molecule is O=C(COc1ccc(C(=O)Nc2cccc(C(F)(F)F)c2)cc1)Nc1ccccc1F. The lowest BCUT2D eigenvalue weighted by Crippen LogP contribution is -2.20. The lowest BCUT2D eigenvalue weighted by atomic mass is 10.1. The smallest absolute Gasteiger partial charge is 0.416 e. The summed E-state index contributed by atoms with van der Waals surface area (Å²) < 4.78 is 57.1. The summed E-state index contributed by atoms with van der Waals surface area (Å²) in [5.41, 5.74) is -0.661. The Kier molecular flexibility index (Phi) is 6.54. The maximum Gasteiger partial charge on any atom is 0.416 e. The highest BCUT2D eigenvalue weighted by Crippen LogP contribution is 2.30. The number of carbonyl (C=O) groups excluding carboxylic acids is 2. The third kappa shape index (κ3) is 6.05. The van der Waals surface area contributed by atoms with Crippen LogP contribution in [-0.4, -0.2) is 18.4 Å². The van der Waals surface area contributed by atoms with Crippen molar-refractivity contribution in [2.45, 2.75) is 6.18 Å². The van der Waals surface area contributed by atoms with Crippen molar-refractivity contribution in [1.29, 1.82) is 0 Å². The fraction of sp³-hybridized carbons (Fsp3) is 0.0909. The molecule has 5 nitrogen and oxygen atoms in total. The highest BCUT2D eigenvalue weighted by atomic mass is 19.4. The summed E-state index contributed by atoms with van der Waals surface area (Å²) in [7, 11) is 0. The van der Waals surface area contributed by atoms with Crippen LogP contribution in [0, 0.1) is 5.82 Å². The van der Waals surface area contributed by atoms with Crippen LogP contribution in [-0.2, 0) is 11.0 Å². The molecular formula is C22H16F4N2O3. The molecule has 31 heavy (non-hydrogen) atoms. The van der Waals surface area contributed by atoms with E-state index in [0.29, 0.717) is 0 Å². The standard InChI is InChI=1S/C22H16F4N2O3/c23-18-6-1-2-7-19(18)28-20(29)13-31-17-10-8-14(9-11-17)21(30)27-16-5-3-4-15(12-16)22(24,25)26/h1-12H,13H2,(H,27,30)(H,28,29). The molecule has 0 aliphatic rings. The summed E-state index contributed by atoms with van der Waals surface area (Å²) in [6, 6.07) is 15.6. The van der Waals surface area contributed by atoms with Gasteiger partial charge in [0.25, 0.3) is 11.8 Å². The zero-order chi connectivity index (χ0) is 22.4. The van der Waals surface area contributed by atoms with E-state index in [1.807, 2.05) is 0 Å². The fourth-order valence-electron chi connectivity index (χ4n) is 2.58. The number of ether oxygens (including phenoxy) is 1. The number of hydrogen-bond acceptors (Lipinski definition) is 3. The van der Waals surface area contributed by atoms with Crippen molar-refractivity contribution < 1.29 is 31.9 Å². The van der Waals surface area contributed by atoms with Gasteiger partial charge in [0.2, 0.25) is 0 Å². The molecule has 0 aliphatic heterocycles. The molecule has 9 heteroatoms. The van der Waals surface area contributed by atoms with E-state index in [-0.39, 0.29) is 29.3 Å². The van der Waals surface area contributed by atoms with Crippen LogP contribution in [0.4, 0.5) is 28.9 Å². The molecule has 0 saturated carbocycles. The monoisotopic (exact) mass is 432 g/mol. The summed E-state index contributed by atoms with van der Waals surface area (Å²) in [6.07, 6.45) is -4.52. The molecule has 0 bridgehead atoms. The lowest BCUT2D eigenvalue weighted by molar-refractivity contribution is -0.137. The van der Waals surface area contributed by atoms with E-state index in [0.717, 1.165) is 12.1 Å². The predicted molar refractivity (Wildman–Crippen MR) is 106 cm³/mol. The van der Waals surface area contributed by atoms with Crippen molar-refractivity contribution in [1.82, 2.24) is 0 Å². The molecular weight excluding hydrogens is 416 g/mol. The van der Waals surface area contributed by atoms with Gasteiger partial charge in [-0.05, 0) is 54.6 Å². The van der Waals surface area contributed by atoms with Crippen molar-refractivity contribution in [2.24, 2.45) is 0 Å². The molecule has 0 aromatic heterocycles. The Labute approximate surface area is 174 Å². The Bertz CT molecular complexity index is 1080. The second-order valence-electron chi connectivity index (χ2n) is 6.37. The van der Waals surface area contributed by atoms with Crippen LogP contribution in [0.1, 0.15) is 15.9 Å². The maximum atomic E-state index is 13.5. The van der Waals surface area contributed by atoms with Crippen LogP contribution < -0.4 is 15.4 Å². The lowest BCUT2D eigenvalue weighted by Gasteiger charge is -2.11. The van der Waals surface area contributed by atoms with Crippen molar-refractivity contribution in [3.8, 4) is 5.75 Å². The average Bonchev–Trinajstić information content (AvgIpc) is 2.74. The number of anilines is 2. The molecule has 3 aromatic rings. The minimum atomic E-state index is -4.52. The summed E-state index contributed by atoms with van der Waals surface area (Å²) in [5, 5.41) is 4.76. The van der Waals surface area contributed by atoms with Gasteiger partial charge in [0.05, 0.1) is 11.3 Å². The van der Waals surface area contributed by atoms with E-state index < -0.39 is 29.4 Å². The molecule has 0 radical (unpaired) electrons. The zero-order valence-corrected chi connectivity index (χ0v) is 15.9. The second kappa shape index (κ2) is 9.29. The molecule has 2 amide bonds. The van der Waals surface area contributed by atoms with Gasteiger partial charge in [-0.3, -0.25) is 9.59 Å². The Morgan fingerprint density at radius 3 is 2.26 bits per heavy atom. The number of hydrogen-bond donors (Lipinski definition) is 2. The highest BCUT2D eigenvalue weighted by molar-refractivity contribution is 6.04. The van der Waals surface area contributed by atoms with Gasteiger partial charge in [-0.1, -0.05) is 18.2 Å². The summed E-state index contributed by atoms with van der Waals surface area (Å²) in [5.74, 6) is -1.48. The number of rotatable bonds is 6. The number of amides is 2. The third-order valence-corrected chi connectivity index (χ3v) is 4.08. The van der Waals surface area contributed by atoms with Crippen molar-refractivity contribution >= 4 is 23.2 Å². The normalized spacial score (nSPS) is 11.0. The Morgan fingerprint density at radius 1 is 0.871 bits per heavy atom. The first-order valence-electron chi connectivity index (χ1n) is 8.98. The number of benzene rings is 3. The van der Waals surface area contributed by atoms with E-state index in [2.05, 4.69) is 10.6 Å². The van der Waals surface area contributed by atoms with Crippen molar-refractivity contribution in [2.75, 3.05) is 17.2 Å².